The van der Waals surface area contributed by atoms with E-state index in [0.717, 1.165) is 36.3 Å². The van der Waals surface area contributed by atoms with E-state index in [2.05, 4.69) is 6.92 Å². The average Bonchev–Trinajstić information content (AvgIpc) is 2.72. The molecule has 168 valence electrons. The molecule has 2 aliphatic carbocycles. The first-order valence-corrected chi connectivity index (χ1v) is 11.8. The van der Waals surface area contributed by atoms with Crippen LogP contribution in [0.5, 0.6) is 0 Å². The van der Waals surface area contributed by atoms with Gasteiger partial charge in [0.25, 0.3) is 0 Å². The smallest absolute Gasteiger partial charge is 0.134 e. The van der Waals surface area contributed by atoms with E-state index in [1.54, 1.807) is 0 Å². The van der Waals surface area contributed by atoms with Gasteiger partial charge in [-0.3, -0.25) is 0 Å². The maximum atomic E-state index is 14.6. The van der Waals surface area contributed by atoms with Gasteiger partial charge in [0.1, 0.15) is 23.3 Å². The Morgan fingerprint density at radius 1 is 0.677 bits per heavy atom. The molecule has 0 amide bonds. The fourth-order valence-electron chi connectivity index (χ4n) is 5.82. The first-order chi connectivity index (χ1) is 14.9. The first-order valence-electron chi connectivity index (χ1n) is 11.8. The van der Waals surface area contributed by atoms with Crippen LogP contribution in [0, 0.1) is 46.9 Å². The number of rotatable bonds is 5. The molecule has 0 atom stereocenters. The monoisotopic (exact) mass is 432 g/mol. The molecule has 2 aliphatic rings. The molecule has 2 saturated carbocycles. The van der Waals surface area contributed by atoms with Crippen LogP contribution in [0.4, 0.5) is 17.6 Å². The van der Waals surface area contributed by atoms with Crippen LogP contribution in [0.1, 0.15) is 70.3 Å². The van der Waals surface area contributed by atoms with E-state index < -0.39 is 23.3 Å². The lowest BCUT2D eigenvalue weighted by Crippen LogP contribution is -2.25. The fraction of sp³-hybridized carbons (Fsp3) is 0.556. The van der Waals surface area contributed by atoms with Crippen LogP contribution in [0.3, 0.4) is 0 Å². The molecule has 0 spiro atoms. The van der Waals surface area contributed by atoms with Crippen LogP contribution in [0.25, 0.3) is 11.1 Å². The van der Waals surface area contributed by atoms with E-state index in [-0.39, 0.29) is 11.1 Å². The molecule has 0 saturated heterocycles. The van der Waals surface area contributed by atoms with Crippen LogP contribution < -0.4 is 0 Å². The number of hydrogen-bond donors (Lipinski definition) is 0. The van der Waals surface area contributed by atoms with Gasteiger partial charge in [0.15, 0.2) is 0 Å². The molecule has 0 radical (unpaired) electrons. The lowest BCUT2D eigenvalue weighted by Gasteiger charge is -2.37. The third-order valence-corrected chi connectivity index (χ3v) is 7.71. The fourth-order valence-corrected chi connectivity index (χ4v) is 5.82. The van der Waals surface area contributed by atoms with Crippen molar-refractivity contribution in [2.75, 3.05) is 0 Å². The summed E-state index contributed by atoms with van der Waals surface area (Å²) in [6.45, 7) is 2.36. The summed E-state index contributed by atoms with van der Waals surface area (Å²) in [6, 6.07) is 5.23. The van der Waals surface area contributed by atoms with Crippen LogP contribution in [-0.4, -0.2) is 0 Å². The van der Waals surface area contributed by atoms with Crippen LogP contribution in [0.2, 0.25) is 0 Å². The molecule has 0 bridgehead atoms. The molecule has 0 aliphatic heterocycles. The van der Waals surface area contributed by atoms with Crippen molar-refractivity contribution in [2.45, 2.75) is 71.1 Å². The summed E-state index contributed by atoms with van der Waals surface area (Å²) in [5.41, 5.74) is 0.123. The predicted octanol–water partition coefficient (Wildman–Crippen LogP) is 8.48. The predicted molar refractivity (Wildman–Crippen MR) is 117 cm³/mol. The highest BCUT2D eigenvalue weighted by Gasteiger charge is 2.29. The topological polar surface area (TPSA) is 0 Å². The summed E-state index contributed by atoms with van der Waals surface area (Å²) in [5, 5.41) is 0. The summed E-state index contributed by atoms with van der Waals surface area (Å²) in [7, 11) is 0. The van der Waals surface area contributed by atoms with Gasteiger partial charge < -0.3 is 0 Å². The normalized spacial score (nSPS) is 26.7. The lowest BCUT2D eigenvalue weighted by atomic mass is 9.69. The Bertz CT molecular complexity index is 847. The molecule has 2 fully saturated rings. The summed E-state index contributed by atoms with van der Waals surface area (Å²) in [4.78, 5) is 0. The highest BCUT2D eigenvalue weighted by atomic mass is 19.1. The third kappa shape index (κ3) is 5.51. The quantitative estimate of drug-likeness (QED) is 0.416. The van der Waals surface area contributed by atoms with E-state index in [0.29, 0.717) is 24.0 Å². The zero-order chi connectivity index (χ0) is 22.0. The van der Waals surface area contributed by atoms with E-state index in [1.165, 1.54) is 63.5 Å². The zero-order valence-corrected chi connectivity index (χ0v) is 18.3. The van der Waals surface area contributed by atoms with Gasteiger partial charge in [-0.15, -0.1) is 0 Å². The van der Waals surface area contributed by atoms with E-state index >= 15 is 0 Å². The van der Waals surface area contributed by atoms with Crippen molar-refractivity contribution in [1.29, 1.82) is 0 Å². The van der Waals surface area contributed by atoms with Crippen molar-refractivity contribution in [2.24, 2.45) is 23.7 Å². The first kappa shape index (κ1) is 22.4. The Morgan fingerprint density at radius 2 is 1.19 bits per heavy atom. The summed E-state index contributed by atoms with van der Waals surface area (Å²) < 4.78 is 56.2. The summed E-state index contributed by atoms with van der Waals surface area (Å²) in [5.74, 6) is 0.0321. The third-order valence-electron chi connectivity index (χ3n) is 7.71. The minimum atomic E-state index is -0.851. The lowest BCUT2D eigenvalue weighted by molar-refractivity contribution is 0.148. The zero-order valence-electron chi connectivity index (χ0n) is 18.3. The number of halogens is 4. The molecule has 2 aromatic carbocycles. The Labute approximate surface area is 183 Å². The standard InChI is InChI=1S/C27H32F4/c1-17-2-8-20(9-3-17)21-10-6-18(7-11-21)4-5-19-12-25(30)27(26(31)13-19)22-14-23(28)16-24(29)15-22/h12-18,20-21H,2-11H2,1H3. The van der Waals surface area contributed by atoms with Crippen molar-refractivity contribution >= 4 is 0 Å². The molecule has 0 unspecified atom stereocenters. The second kappa shape index (κ2) is 9.75. The van der Waals surface area contributed by atoms with Crippen molar-refractivity contribution < 1.29 is 17.6 Å². The minimum absolute atomic E-state index is 0.116. The molecule has 31 heavy (non-hydrogen) atoms. The molecule has 0 N–H and O–H groups in total. The van der Waals surface area contributed by atoms with Gasteiger partial charge in [-0.05, 0) is 97.6 Å². The van der Waals surface area contributed by atoms with Gasteiger partial charge in [0, 0.05) is 6.07 Å². The van der Waals surface area contributed by atoms with Crippen molar-refractivity contribution in [3.63, 3.8) is 0 Å². The molecule has 4 rings (SSSR count). The van der Waals surface area contributed by atoms with Crippen molar-refractivity contribution in [3.05, 3.63) is 59.2 Å². The Hall–Kier alpha value is -1.84. The van der Waals surface area contributed by atoms with Crippen molar-refractivity contribution in [3.8, 4) is 11.1 Å². The Morgan fingerprint density at radius 3 is 1.74 bits per heavy atom. The van der Waals surface area contributed by atoms with Gasteiger partial charge in [-0.25, -0.2) is 17.6 Å². The van der Waals surface area contributed by atoms with Gasteiger partial charge in [-0.1, -0.05) is 32.6 Å². The molecule has 4 heteroatoms. The van der Waals surface area contributed by atoms with Crippen molar-refractivity contribution in [1.82, 2.24) is 0 Å². The van der Waals surface area contributed by atoms with Gasteiger partial charge >= 0.3 is 0 Å². The van der Waals surface area contributed by atoms with Gasteiger partial charge in [-0.2, -0.15) is 0 Å². The largest absolute Gasteiger partial charge is 0.207 e. The molecule has 0 nitrogen and oxygen atoms in total. The second-order valence-electron chi connectivity index (χ2n) is 9.93. The Kier molecular flexibility index (Phi) is 7.03. The second-order valence-corrected chi connectivity index (χ2v) is 9.93. The summed E-state index contributed by atoms with van der Waals surface area (Å²) in [6.07, 6.45) is 12.1. The SMILES string of the molecule is CC1CCC(C2CCC(CCc3cc(F)c(-c4cc(F)cc(F)c4)c(F)c3)CC2)CC1. The molecular weight excluding hydrogens is 400 g/mol. The molecule has 2 aromatic rings. The average molecular weight is 433 g/mol. The summed E-state index contributed by atoms with van der Waals surface area (Å²) >= 11 is 0. The highest BCUT2D eigenvalue weighted by molar-refractivity contribution is 5.65. The van der Waals surface area contributed by atoms with Crippen LogP contribution in [0.15, 0.2) is 30.3 Å². The molecule has 0 aromatic heterocycles. The maximum Gasteiger partial charge on any atom is 0.134 e. The van der Waals surface area contributed by atoms with E-state index in [9.17, 15) is 17.6 Å². The van der Waals surface area contributed by atoms with Crippen LogP contribution in [-0.2, 0) is 6.42 Å². The minimum Gasteiger partial charge on any atom is -0.207 e. The highest BCUT2D eigenvalue weighted by Crippen LogP contribution is 2.42. The van der Waals surface area contributed by atoms with E-state index in [1.807, 2.05) is 0 Å². The van der Waals surface area contributed by atoms with Crippen LogP contribution >= 0.6 is 0 Å². The van der Waals surface area contributed by atoms with Gasteiger partial charge in [0.05, 0.1) is 5.56 Å². The number of aryl methyl sites for hydroxylation is 1. The number of benzene rings is 2. The Balaban J connectivity index is 1.33. The number of hydrogen-bond acceptors (Lipinski definition) is 0. The molecule has 0 heterocycles. The molecular formula is C27H32F4. The van der Waals surface area contributed by atoms with Gasteiger partial charge in [0.2, 0.25) is 0 Å². The maximum absolute atomic E-state index is 14.6. The van der Waals surface area contributed by atoms with E-state index in [4.69, 9.17) is 0 Å².